The van der Waals surface area contributed by atoms with Gasteiger partial charge in [-0.05, 0) is 44.6 Å². The van der Waals surface area contributed by atoms with E-state index >= 15 is 0 Å². The molecule has 3 unspecified atom stereocenters. The molecule has 1 aromatic rings. The number of thioether (sulfide) groups is 1. The van der Waals surface area contributed by atoms with Crippen LogP contribution in [0.3, 0.4) is 0 Å². The van der Waals surface area contributed by atoms with Crippen LogP contribution in [0, 0.1) is 25.7 Å². The van der Waals surface area contributed by atoms with E-state index in [1.54, 1.807) is 0 Å². The van der Waals surface area contributed by atoms with E-state index in [1.165, 1.54) is 23.1 Å². The third kappa shape index (κ3) is 4.50. The molecule has 0 radical (unpaired) electrons. The summed E-state index contributed by atoms with van der Waals surface area (Å²) >= 11 is 1.84. The Kier molecular flexibility index (Phi) is 5.74. The number of aliphatic carboxylic acids is 1. The highest BCUT2D eigenvalue weighted by Gasteiger charge is 2.34. The molecule has 0 spiro atoms. The van der Waals surface area contributed by atoms with Gasteiger partial charge in [-0.15, -0.1) is 0 Å². The molecule has 2 nitrogen and oxygen atoms in total. The second kappa shape index (κ2) is 7.35. The lowest BCUT2D eigenvalue weighted by atomic mass is 9.80. The lowest BCUT2D eigenvalue weighted by molar-refractivity contribution is -0.142. The molecule has 3 atom stereocenters. The molecule has 1 saturated carbocycles. The van der Waals surface area contributed by atoms with Gasteiger partial charge < -0.3 is 5.11 Å². The lowest BCUT2D eigenvalue weighted by Gasteiger charge is -2.33. The molecule has 0 heterocycles. The van der Waals surface area contributed by atoms with Crippen molar-refractivity contribution in [1.29, 1.82) is 0 Å². The summed E-state index contributed by atoms with van der Waals surface area (Å²) in [5.74, 6) is 0.858. The summed E-state index contributed by atoms with van der Waals surface area (Å²) < 4.78 is 0. The zero-order valence-electron chi connectivity index (χ0n) is 13.3. The molecule has 0 saturated heterocycles. The van der Waals surface area contributed by atoms with Gasteiger partial charge in [-0.3, -0.25) is 4.79 Å². The van der Waals surface area contributed by atoms with E-state index < -0.39 is 5.97 Å². The van der Waals surface area contributed by atoms with Crippen molar-refractivity contribution in [1.82, 2.24) is 0 Å². The maximum Gasteiger partial charge on any atom is 0.307 e. The minimum Gasteiger partial charge on any atom is -0.481 e. The van der Waals surface area contributed by atoms with Crippen molar-refractivity contribution in [2.24, 2.45) is 11.8 Å². The van der Waals surface area contributed by atoms with Crippen LogP contribution >= 0.6 is 11.8 Å². The first-order valence-corrected chi connectivity index (χ1v) is 8.96. The minimum absolute atomic E-state index is 0.163. The average molecular weight is 306 g/mol. The highest BCUT2D eigenvalue weighted by molar-refractivity contribution is 7.99. The number of carbonyl (C=O) groups is 1. The fraction of sp³-hybridized carbons (Fsp3) is 0.611. The van der Waals surface area contributed by atoms with Gasteiger partial charge in [0, 0.05) is 11.0 Å². The summed E-state index contributed by atoms with van der Waals surface area (Å²) in [5.41, 5.74) is 3.89. The van der Waals surface area contributed by atoms with E-state index in [1.807, 2.05) is 11.8 Å². The van der Waals surface area contributed by atoms with Crippen LogP contribution in [0.25, 0.3) is 0 Å². The minimum atomic E-state index is -0.609. The third-order valence-corrected chi connectivity index (χ3v) is 5.99. The molecule has 1 N–H and O–H groups in total. The molecular formula is C18H26O2S. The van der Waals surface area contributed by atoms with E-state index in [2.05, 4.69) is 39.0 Å². The predicted octanol–water partition coefficient (Wildman–Crippen LogP) is 4.82. The van der Waals surface area contributed by atoms with E-state index in [0.29, 0.717) is 5.92 Å². The number of carboxylic acid groups (broad SMARTS) is 1. The van der Waals surface area contributed by atoms with Crippen molar-refractivity contribution in [2.75, 3.05) is 0 Å². The fourth-order valence-corrected chi connectivity index (χ4v) is 4.87. The van der Waals surface area contributed by atoms with Crippen molar-refractivity contribution < 1.29 is 9.90 Å². The van der Waals surface area contributed by atoms with Crippen LogP contribution in [0.15, 0.2) is 18.2 Å². The first-order valence-electron chi connectivity index (χ1n) is 7.91. The monoisotopic (exact) mass is 306 g/mol. The third-order valence-electron chi connectivity index (χ3n) is 4.54. The van der Waals surface area contributed by atoms with Crippen molar-refractivity contribution >= 4 is 17.7 Å². The second-order valence-corrected chi connectivity index (χ2v) is 7.60. The van der Waals surface area contributed by atoms with Gasteiger partial charge in [0.05, 0.1) is 5.92 Å². The summed E-state index contributed by atoms with van der Waals surface area (Å²) in [5, 5.41) is 9.71. The number of carboxylic acids is 1. The van der Waals surface area contributed by atoms with Gasteiger partial charge in [0.15, 0.2) is 0 Å². The molecule has 0 aliphatic heterocycles. The summed E-state index contributed by atoms with van der Waals surface area (Å²) in [6, 6.07) is 6.62. The highest BCUT2D eigenvalue weighted by atomic mass is 32.2. The highest BCUT2D eigenvalue weighted by Crippen LogP contribution is 2.39. The summed E-state index contributed by atoms with van der Waals surface area (Å²) in [6.45, 7) is 6.46. The van der Waals surface area contributed by atoms with Crippen LogP contribution in [-0.2, 0) is 10.5 Å². The predicted molar refractivity (Wildman–Crippen MR) is 89.8 cm³/mol. The van der Waals surface area contributed by atoms with Crippen molar-refractivity contribution in [3.05, 3.63) is 34.9 Å². The molecule has 0 amide bonds. The first kappa shape index (κ1) is 16.4. The zero-order chi connectivity index (χ0) is 15.4. The van der Waals surface area contributed by atoms with Crippen LogP contribution in [0.2, 0.25) is 0 Å². The van der Waals surface area contributed by atoms with Crippen LogP contribution in [0.4, 0.5) is 0 Å². The Morgan fingerprint density at radius 2 is 1.90 bits per heavy atom. The van der Waals surface area contributed by atoms with Gasteiger partial charge in [-0.2, -0.15) is 11.8 Å². The first-order chi connectivity index (χ1) is 9.99. The maximum absolute atomic E-state index is 11.5. The Hall–Kier alpha value is -0.960. The van der Waals surface area contributed by atoms with Gasteiger partial charge in [0.2, 0.25) is 0 Å². The van der Waals surface area contributed by atoms with Crippen LogP contribution < -0.4 is 0 Å². The van der Waals surface area contributed by atoms with Crippen molar-refractivity contribution in [3.8, 4) is 0 Å². The smallest absolute Gasteiger partial charge is 0.307 e. The van der Waals surface area contributed by atoms with E-state index in [-0.39, 0.29) is 11.2 Å². The van der Waals surface area contributed by atoms with Gasteiger partial charge in [-0.1, -0.05) is 42.7 Å². The van der Waals surface area contributed by atoms with Crippen LogP contribution in [0.5, 0.6) is 0 Å². The summed E-state index contributed by atoms with van der Waals surface area (Å²) in [4.78, 5) is 11.5. The van der Waals surface area contributed by atoms with Gasteiger partial charge in [0.1, 0.15) is 0 Å². The molecule has 3 heteroatoms. The fourth-order valence-electron chi connectivity index (χ4n) is 3.40. The Bertz CT molecular complexity index is 478. The molecule has 0 aromatic heterocycles. The van der Waals surface area contributed by atoms with Gasteiger partial charge >= 0.3 is 5.97 Å². The number of aryl methyl sites for hydroxylation is 2. The molecule has 0 bridgehead atoms. The Labute approximate surface area is 132 Å². The normalized spacial score (nSPS) is 25.8. The van der Waals surface area contributed by atoms with E-state index in [4.69, 9.17) is 0 Å². The van der Waals surface area contributed by atoms with Crippen molar-refractivity contribution in [2.45, 2.75) is 57.5 Å². The molecule has 1 fully saturated rings. The zero-order valence-corrected chi connectivity index (χ0v) is 14.1. The molecule has 21 heavy (non-hydrogen) atoms. The number of hydrogen-bond donors (Lipinski definition) is 1. The largest absolute Gasteiger partial charge is 0.481 e. The van der Waals surface area contributed by atoms with E-state index in [9.17, 15) is 9.90 Å². The summed E-state index contributed by atoms with van der Waals surface area (Å²) in [7, 11) is 0. The van der Waals surface area contributed by atoms with Gasteiger partial charge in [-0.25, -0.2) is 0 Å². The van der Waals surface area contributed by atoms with Gasteiger partial charge in [0.25, 0.3) is 0 Å². The summed E-state index contributed by atoms with van der Waals surface area (Å²) in [6.07, 6.45) is 4.16. The molecular weight excluding hydrogens is 280 g/mol. The standard InChI is InChI=1S/C18H26O2S/c1-4-14-5-6-16(18(19)20)17(10-14)21-11-15-8-12(2)7-13(3)9-15/h7-9,14,16-17H,4-6,10-11H2,1-3H3,(H,19,20). The maximum atomic E-state index is 11.5. The van der Waals surface area contributed by atoms with Crippen LogP contribution in [0.1, 0.15) is 49.3 Å². The quantitative estimate of drug-likeness (QED) is 0.847. The molecule has 1 aromatic carbocycles. The second-order valence-electron chi connectivity index (χ2n) is 6.38. The number of benzene rings is 1. The SMILES string of the molecule is CCC1CCC(C(=O)O)C(SCc2cc(C)cc(C)c2)C1. The van der Waals surface area contributed by atoms with Crippen LogP contribution in [-0.4, -0.2) is 16.3 Å². The van der Waals surface area contributed by atoms with Crippen molar-refractivity contribution in [3.63, 3.8) is 0 Å². The molecule has 1 aliphatic carbocycles. The number of hydrogen-bond acceptors (Lipinski definition) is 2. The number of rotatable bonds is 5. The molecule has 2 rings (SSSR count). The topological polar surface area (TPSA) is 37.3 Å². The Morgan fingerprint density at radius 1 is 1.24 bits per heavy atom. The van der Waals surface area contributed by atoms with E-state index in [0.717, 1.165) is 25.0 Å². The Morgan fingerprint density at radius 3 is 2.48 bits per heavy atom. The lowest BCUT2D eigenvalue weighted by Crippen LogP contribution is -2.32. The Balaban J connectivity index is 2.02. The molecule has 1 aliphatic rings. The molecule has 116 valence electrons. The average Bonchev–Trinajstić information content (AvgIpc) is 2.43.